The first-order valence-corrected chi connectivity index (χ1v) is 23.2. The Morgan fingerprint density at radius 3 is 2.43 bits per heavy atom. The van der Waals surface area contributed by atoms with Crippen LogP contribution in [0.25, 0.3) is 21.7 Å². The molecule has 14 nitrogen and oxygen atoms in total. The molecular weight excluding hydrogens is 853 g/mol. The number of nitrogens with one attached hydrogen (secondary N) is 3. The van der Waals surface area contributed by atoms with E-state index in [4.69, 9.17) is 9.47 Å². The van der Waals surface area contributed by atoms with Crippen molar-refractivity contribution in [2.75, 3.05) is 57.4 Å². The number of halogens is 2. The van der Waals surface area contributed by atoms with Gasteiger partial charge in [-0.05, 0) is 54.9 Å². The van der Waals surface area contributed by atoms with Crippen LogP contribution in [0.15, 0.2) is 47.3 Å². The molecule has 0 radical (unpaired) electrons. The number of aliphatic hydroxyl groups is 1. The molecule has 2 aromatic carbocycles. The molecule has 4 amide bonds. The van der Waals surface area contributed by atoms with Gasteiger partial charge in [-0.15, -0.1) is 22.7 Å². The van der Waals surface area contributed by atoms with Gasteiger partial charge >= 0.3 is 0 Å². The SMILES string of the molecule is Cc1ncsc1-c1ccc(CCNC(=O)[C@@H]2C[C@H](O)CN2C(=O)[C@@H](NC(=O)CCCCCCNC(=O)COc2c(-c3csc(N4CCOCC4)n3)ccc(F)c2F)C(C)(C)C)cc1. The van der Waals surface area contributed by atoms with Crippen molar-refractivity contribution >= 4 is 51.4 Å². The number of ether oxygens (including phenoxy) is 2. The highest BCUT2D eigenvalue weighted by Crippen LogP contribution is 2.37. The van der Waals surface area contributed by atoms with Crippen molar-refractivity contribution in [2.24, 2.45) is 5.41 Å². The Bertz CT molecular complexity index is 2190. The lowest BCUT2D eigenvalue weighted by Crippen LogP contribution is -2.57. The topological polar surface area (TPSA) is 175 Å². The monoisotopic (exact) mass is 909 g/mol. The van der Waals surface area contributed by atoms with E-state index >= 15 is 0 Å². The molecule has 0 unspecified atom stereocenters. The van der Waals surface area contributed by atoms with Crippen LogP contribution < -0.4 is 25.6 Å². The summed E-state index contributed by atoms with van der Waals surface area (Å²) in [5.74, 6) is -4.24. The van der Waals surface area contributed by atoms with Crippen molar-refractivity contribution in [3.05, 3.63) is 70.2 Å². The van der Waals surface area contributed by atoms with Crippen molar-refractivity contribution in [3.63, 3.8) is 0 Å². The van der Waals surface area contributed by atoms with Gasteiger partial charge in [-0.1, -0.05) is 57.9 Å². The van der Waals surface area contributed by atoms with Gasteiger partial charge in [0.25, 0.3) is 5.91 Å². The van der Waals surface area contributed by atoms with Crippen molar-refractivity contribution in [2.45, 2.75) is 90.8 Å². The molecule has 2 aromatic heterocycles. The Hall–Kier alpha value is -5.04. The van der Waals surface area contributed by atoms with Crippen molar-refractivity contribution in [1.29, 1.82) is 0 Å². The maximum absolute atomic E-state index is 14.9. The van der Waals surface area contributed by atoms with Crippen molar-refractivity contribution in [3.8, 4) is 27.4 Å². The number of β-amino-alcohol motifs (C(OH)–C–C–N with tert-alkyl or cyclic N) is 1. The lowest BCUT2D eigenvalue weighted by Gasteiger charge is -2.35. The van der Waals surface area contributed by atoms with Crippen LogP contribution in [-0.2, 0) is 30.3 Å². The minimum atomic E-state index is -1.20. The third-order valence-electron chi connectivity index (χ3n) is 11.1. The minimum Gasteiger partial charge on any atom is -0.480 e. The zero-order valence-electron chi connectivity index (χ0n) is 36.2. The Labute approximate surface area is 374 Å². The lowest BCUT2D eigenvalue weighted by molar-refractivity contribution is -0.144. The number of aliphatic hydroxyl groups excluding tert-OH is 1. The molecule has 340 valence electrons. The predicted octanol–water partition coefficient (Wildman–Crippen LogP) is 5.65. The Morgan fingerprint density at radius 1 is 0.968 bits per heavy atom. The fourth-order valence-electron chi connectivity index (χ4n) is 7.55. The van der Waals surface area contributed by atoms with Crippen LogP contribution in [0, 0.1) is 24.0 Å². The highest BCUT2D eigenvalue weighted by molar-refractivity contribution is 7.14. The van der Waals surface area contributed by atoms with Gasteiger partial charge in [0.05, 0.1) is 41.1 Å². The number of anilines is 1. The van der Waals surface area contributed by atoms with E-state index in [1.165, 1.54) is 22.3 Å². The van der Waals surface area contributed by atoms with Crippen LogP contribution in [0.5, 0.6) is 5.75 Å². The van der Waals surface area contributed by atoms with E-state index < -0.39 is 53.7 Å². The van der Waals surface area contributed by atoms with Crippen LogP contribution in [0.2, 0.25) is 0 Å². The quantitative estimate of drug-likeness (QED) is 0.0861. The van der Waals surface area contributed by atoms with Crippen LogP contribution in [-0.4, -0.2) is 114 Å². The second-order valence-corrected chi connectivity index (χ2v) is 18.6. The predicted molar refractivity (Wildman–Crippen MR) is 239 cm³/mol. The molecule has 0 spiro atoms. The number of benzene rings is 2. The summed E-state index contributed by atoms with van der Waals surface area (Å²) in [5.41, 5.74) is 4.92. The number of rotatable bonds is 19. The number of aryl methyl sites for hydroxylation is 1. The molecule has 6 rings (SSSR count). The fourth-order valence-corrected chi connectivity index (χ4v) is 9.24. The Kier molecular flexibility index (Phi) is 16.6. The molecule has 0 bridgehead atoms. The second-order valence-electron chi connectivity index (χ2n) is 16.9. The Morgan fingerprint density at radius 2 is 1.71 bits per heavy atom. The van der Waals surface area contributed by atoms with E-state index in [0.717, 1.165) is 32.9 Å². The summed E-state index contributed by atoms with van der Waals surface area (Å²) >= 11 is 2.97. The van der Waals surface area contributed by atoms with E-state index in [1.54, 1.807) is 16.7 Å². The first kappa shape index (κ1) is 47.4. The summed E-state index contributed by atoms with van der Waals surface area (Å²) in [7, 11) is 0. The molecule has 0 aliphatic carbocycles. The number of hydrogen-bond donors (Lipinski definition) is 4. The smallest absolute Gasteiger partial charge is 0.257 e. The van der Waals surface area contributed by atoms with E-state index in [-0.39, 0.29) is 42.5 Å². The number of nitrogens with zero attached hydrogens (tertiary/aromatic N) is 4. The molecule has 0 saturated carbocycles. The third-order valence-corrected chi connectivity index (χ3v) is 12.9. The summed E-state index contributed by atoms with van der Waals surface area (Å²) in [6.45, 7) is 10.2. The lowest BCUT2D eigenvalue weighted by atomic mass is 9.85. The molecule has 4 aromatic rings. The van der Waals surface area contributed by atoms with Gasteiger partial charge < -0.3 is 40.3 Å². The molecule has 2 aliphatic rings. The third kappa shape index (κ3) is 12.8. The van der Waals surface area contributed by atoms with E-state index in [9.17, 15) is 33.1 Å². The molecule has 2 saturated heterocycles. The van der Waals surface area contributed by atoms with Gasteiger partial charge in [0.2, 0.25) is 23.5 Å². The molecule has 2 fully saturated rings. The summed E-state index contributed by atoms with van der Waals surface area (Å²) < 4.78 is 40.0. The second kappa shape index (κ2) is 22.0. The summed E-state index contributed by atoms with van der Waals surface area (Å²) in [6, 6.07) is 8.73. The molecule has 4 N–H and O–H groups in total. The number of unbranched alkanes of at least 4 members (excludes halogenated alkanes) is 3. The summed E-state index contributed by atoms with van der Waals surface area (Å²) in [6.07, 6.45) is 2.54. The van der Waals surface area contributed by atoms with Gasteiger partial charge in [-0.25, -0.2) is 14.4 Å². The van der Waals surface area contributed by atoms with Gasteiger partial charge in [-0.2, -0.15) is 4.39 Å². The standard InChI is InChI=1S/C45H57F2N7O7S2/c1-28-40(63-27-50-28)30-12-10-29(11-13-30)16-18-49-42(58)35-23-31(55)24-54(35)43(59)41(45(2,3)4)52-36(56)9-7-5-6-8-17-48-37(57)25-61-39-32(14-15-33(46)38(39)47)34-26-62-44(51-34)53-19-21-60-22-20-53/h10-15,26-27,31,35,41,55H,5-9,16-25H2,1-4H3,(H,48,57)(H,49,58)(H,52,56)/t31-,35-,41+/m0/s1. The zero-order valence-corrected chi connectivity index (χ0v) is 37.8. The van der Waals surface area contributed by atoms with Gasteiger partial charge in [0.15, 0.2) is 23.3 Å². The van der Waals surface area contributed by atoms with Gasteiger partial charge in [0, 0.05) is 56.5 Å². The maximum atomic E-state index is 14.9. The largest absolute Gasteiger partial charge is 0.480 e. The molecule has 3 atom stereocenters. The zero-order chi connectivity index (χ0) is 45.1. The summed E-state index contributed by atoms with van der Waals surface area (Å²) in [5, 5.41) is 21.6. The average Bonchev–Trinajstić information content (AvgIpc) is 4.03. The molecule has 2 aliphatic heterocycles. The van der Waals surface area contributed by atoms with E-state index in [1.807, 2.05) is 57.5 Å². The first-order valence-electron chi connectivity index (χ1n) is 21.4. The highest BCUT2D eigenvalue weighted by Gasteiger charge is 2.44. The fraction of sp³-hybridized carbons (Fsp3) is 0.511. The van der Waals surface area contributed by atoms with Crippen LogP contribution in [0.3, 0.4) is 0 Å². The van der Waals surface area contributed by atoms with Gasteiger partial charge in [0.1, 0.15) is 12.1 Å². The number of carbonyl (C=O) groups is 4. The molecular formula is C45H57F2N7O7S2. The molecule has 4 heterocycles. The number of hydrogen-bond acceptors (Lipinski definition) is 12. The van der Waals surface area contributed by atoms with Crippen LogP contribution >= 0.6 is 22.7 Å². The van der Waals surface area contributed by atoms with E-state index in [0.29, 0.717) is 77.2 Å². The normalized spacial score (nSPS) is 17.1. The molecule has 18 heteroatoms. The minimum absolute atomic E-state index is 0.00763. The summed E-state index contributed by atoms with van der Waals surface area (Å²) in [4.78, 5) is 66.6. The maximum Gasteiger partial charge on any atom is 0.257 e. The number of morpholine rings is 1. The van der Waals surface area contributed by atoms with Gasteiger partial charge in [-0.3, -0.25) is 19.2 Å². The van der Waals surface area contributed by atoms with Crippen LogP contribution in [0.1, 0.15) is 70.6 Å². The number of thiazole rings is 2. The van der Waals surface area contributed by atoms with E-state index in [2.05, 4.69) is 30.8 Å². The number of carbonyl (C=O) groups excluding carboxylic acids is 4. The Balaban J connectivity index is 0.897. The number of likely N-dealkylation sites (tertiary alicyclic amines) is 1. The van der Waals surface area contributed by atoms with Crippen LogP contribution in [0.4, 0.5) is 13.9 Å². The van der Waals surface area contributed by atoms with Crippen molar-refractivity contribution in [1.82, 2.24) is 30.8 Å². The van der Waals surface area contributed by atoms with Crippen molar-refractivity contribution < 1.29 is 42.5 Å². The number of aromatic nitrogens is 2. The average molecular weight is 910 g/mol. The highest BCUT2D eigenvalue weighted by atomic mass is 32.1. The molecule has 63 heavy (non-hydrogen) atoms. The first-order chi connectivity index (χ1) is 30.2. The number of amides is 4.